The third kappa shape index (κ3) is 4.43. The van der Waals surface area contributed by atoms with Gasteiger partial charge in [-0.05, 0) is 32.4 Å². The normalized spacial score (nSPS) is 17.7. The van der Waals surface area contributed by atoms with Gasteiger partial charge < -0.3 is 5.32 Å². The van der Waals surface area contributed by atoms with Crippen LogP contribution in [0.2, 0.25) is 0 Å². The van der Waals surface area contributed by atoms with Crippen molar-refractivity contribution in [3.05, 3.63) is 35.4 Å². The first-order valence-corrected chi connectivity index (χ1v) is 8.48. The highest BCUT2D eigenvalue weighted by Gasteiger charge is 2.26. The summed E-state index contributed by atoms with van der Waals surface area (Å²) in [5.74, 6) is 0. The molecule has 0 amide bonds. The lowest BCUT2D eigenvalue weighted by atomic mass is 10.0. The topological polar surface area (TPSA) is 29.1 Å². The Morgan fingerprint density at radius 1 is 1.16 bits per heavy atom. The molecule has 1 aromatic rings. The summed E-state index contributed by atoms with van der Waals surface area (Å²) in [6.45, 7) is 11.3. The largest absolute Gasteiger partial charge is 0.309 e. The van der Waals surface area contributed by atoms with Gasteiger partial charge in [-0.25, -0.2) is 0 Å². The van der Waals surface area contributed by atoms with Crippen LogP contribution < -0.4 is 5.32 Å². The maximum Gasteiger partial charge on any atom is 0.0517 e. The van der Waals surface area contributed by atoms with E-state index in [1.807, 2.05) is 0 Å². The Morgan fingerprint density at radius 2 is 1.74 bits per heavy atom. The first-order valence-electron chi connectivity index (χ1n) is 7.20. The van der Waals surface area contributed by atoms with Crippen molar-refractivity contribution in [1.82, 2.24) is 5.32 Å². The second-order valence-electron chi connectivity index (χ2n) is 5.20. The highest BCUT2D eigenvalue weighted by molar-refractivity contribution is 7.86. The van der Waals surface area contributed by atoms with Gasteiger partial charge in [-0.1, -0.05) is 50.6 Å². The fourth-order valence-electron chi connectivity index (χ4n) is 2.21. The third-order valence-corrected chi connectivity index (χ3v) is 5.80. The Kier molecular flexibility index (Phi) is 6.73. The second kappa shape index (κ2) is 7.81. The molecule has 4 unspecified atom stereocenters. The highest BCUT2D eigenvalue weighted by atomic mass is 32.2. The SMILES string of the molecule is CCNC(c1ccc(C)cc1)C(C)S(=O)C(C)CC. The summed E-state index contributed by atoms with van der Waals surface area (Å²) in [6, 6.07) is 8.71. The van der Waals surface area contributed by atoms with Crippen LogP contribution in [-0.2, 0) is 10.8 Å². The number of benzene rings is 1. The summed E-state index contributed by atoms with van der Waals surface area (Å²) in [7, 11) is -0.809. The predicted octanol–water partition coefficient (Wildman–Crippen LogP) is 3.58. The smallest absolute Gasteiger partial charge is 0.0517 e. The van der Waals surface area contributed by atoms with Crippen LogP contribution in [0.15, 0.2) is 24.3 Å². The molecule has 2 nitrogen and oxygen atoms in total. The van der Waals surface area contributed by atoms with E-state index >= 15 is 0 Å². The van der Waals surface area contributed by atoms with Crippen LogP contribution in [0.1, 0.15) is 51.3 Å². The first-order chi connectivity index (χ1) is 9.01. The number of nitrogens with one attached hydrogen (secondary N) is 1. The summed E-state index contributed by atoms with van der Waals surface area (Å²) >= 11 is 0. The van der Waals surface area contributed by atoms with Crippen molar-refractivity contribution < 1.29 is 4.21 Å². The molecule has 0 bridgehead atoms. The van der Waals surface area contributed by atoms with E-state index in [1.165, 1.54) is 11.1 Å². The zero-order valence-electron chi connectivity index (χ0n) is 12.8. The standard InChI is InChI=1S/C16H27NOS/c1-6-13(4)19(18)14(5)16(17-7-2)15-10-8-12(3)9-11-15/h8-11,13-14,16-17H,6-7H2,1-5H3. The van der Waals surface area contributed by atoms with Gasteiger partial charge in [0.2, 0.25) is 0 Å². The van der Waals surface area contributed by atoms with Gasteiger partial charge in [0.1, 0.15) is 0 Å². The van der Waals surface area contributed by atoms with Crippen molar-refractivity contribution in [1.29, 1.82) is 0 Å². The Bertz CT molecular complexity index is 402. The maximum atomic E-state index is 12.5. The van der Waals surface area contributed by atoms with Gasteiger partial charge in [-0.2, -0.15) is 0 Å². The van der Waals surface area contributed by atoms with Crippen LogP contribution in [0.5, 0.6) is 0 Å². The molecule has 1 N–H and O–H groups in total. The molecule has 0 aromatic heterocycles. The van der Waals surface area contributed by atoms with Gasteiger partial charge in [-0.3, -0.25) is 4.21 Å². The van der Waals surface area contributed by atoms with Crippen LogP contribution in [0, 0.1) is 6.92 Å². The van der Waals surface area contributed by atoms with Crippen LogP contribution >= 0.6 is 0 Å². The zero-order valence-corrected chi connectivity index (χ0v) is 13.6. The molecule has 108 valence electrons. The fourth-order valence-corrected chi connectivity index (χ4v) is 3.80. The molecular formula is C16H27NOS. The summed E-state index contributed by atoms with van der Waals surface area (Å²) in [5, 5.41) is 3.86. The van der Waals surface area contributed by atoms with Gasteiger partial charge in [0.15, 0.2) is 0 Å². The van der Waals surface area contributed by atoms with E-state index in [9.17, 15) is 4.21 Å². The summed E-state index contributed by atoms with van der Waals surface area (Å²) < 4.78 is 12.5. The van der Waals surface area contributed by atoms with Crippen LogP contribution in [-0.4, -0.2) is 21.3 Å². The molecule has 0 fully saturated rings. The molecule has 0 aliphatic heterocycles. The second-order valence-corrected chi connectivity index (χ2v) is 7.40. The van der Waals surface area contributed by atoms with Crippen molar-refractivity contribution in [3.8, 4) is 0 Å². The molecule has 0 radical (unpaired) electrons. The van der Waals surface area contributed by atoms with Crippen molar-refractivity contribution in [2.75, 3.05) is 6.54 Å². The van der Waals surface area contributed by atoms with E-state index in [2.05, 4.69) is 64.2 Å². The number of hydrogen-bond donors (Lipinski definition) is 1. The van der Waals surface area contributed by atoms with Crippen molar-refractivity contribution in [3.63, 3.8) is 0 Å². The predicted molar refractivity (Wildman–Crippen MR) is 85.0 cm³/mol. The molecule has 0 aliphatic carbocycles. The average Bonchev–Trinajstić information content (AvgIpc) is 2.43. The monoisotopic (exact) mass is 281 g/mol. The molecule has 3 heteroatoms. The number of aryl methyl sites for hydroxylation is 1. The van der Waals surface area contributed by atoms with Crippen molar-refractivity contribution in [2.45, 2.75) is 57.6 Å². The van der Waals surface area contributed by atoms with Crippen LogP contribution in [0.25, 0.3) is 0 Å². The van der Waals surface area contributed by atoms with Gasteiger partial charge in [0.05, 0.1) is 5.25 Å². The average molecular weight is 281 g/mol. The Morgan fingerprint density at radius 3 is 2.21 bits per heavy atom. The summed E-state index contributed by atoms with van der Waals surface area (Å²) in [6.07, 6.45) is 0.962. The van der Waals surface area contributed by atoms with E-state index in [0.29, 0.717) is 0 Å². The fraction of sp³-hybridized carbons (Fsp3) is 0.625. The van der Waals surface area contributed by atoms with Crippen molar-refractivity contribution >= 4 is 10.8 Å². The van der Waals surface area contributed by atoms with E-state index in [4.69, 9.17) is 0 Å². The summed E-state index contributed by atoms with van der Waals surface area (Å²) in [5.41, 5.74) is 2.49. The third-order valence-electron chi connectivity index (χ3n) is 3.67. The molecule has 1 rings (SSSR count). The molecule has 0 aliphatic rings. The molecule has 4 atom stereocenters. The van der Waals surface area contributed by atoms with Crippen LogP contribution in [0.3, 0.4) is 0 Å². The summed E-state index contributed by atoms with van der Waals surface area (Å²) in [4.78, 5) is 0. The molecule has 19 heavy (non-hydrogen) atoms. The minimum atomic E-state index is -0.809. The van der Waals surface area contributed by atoms with Gasteiger partial charge in [0.25, 0.3) is 0 Å². The lowest BCUT2D eigenvalue weighted by molar-refractivity contribution is 0.532. The molecule has 0 saturated heterocycles. The highest BCUT2D eigenvalue weighted by Crippen LogP contribution is 2.23. The molecule has 1 aromatic carbocycles. The van der Waals surface area contributed by atoms with Crippen molar-refractivity contribution in [2.24, 2.45) is 0 Å². The lowest BCUT2D eigenvalue weighted by Crippen LogP contribution is -2.35. The van der Waals surface area contributed by atoms with Gasteiger partial charge in [-0.15, -0.1) is 0 Å². The van der Waals surface area contributed by atoms with Gasteiger partial charge in [0, 0.05) is 22.1 Å². The first kappa shape index (κ1) is 16.4. The Balaban J connectivity index is 2.93. The van der Waals surface area contributed by atoms with Gasteiger partial charge >= 0.3 is 0 Å². The quantitative estimate of drug-likeness (QED) is 0.827. The minimum absolute atomic E-state index is 0.123. The zero-order chi connectivity index (χ0) is 14.4. The number of rotatable bonds is 7. The number of hydrogen-bond acceptors (Lipinski definition) is 2. The van der Waals surface area contributed by atoms with E-state index < -0.39 is 10.8 Å². The Hall–Kier alpha value is -0.670. The van der Waals surface area contributed by atoms with Crippen LogP contribution in [0.4, 0.5) is 0 Å². The molecule has 0 spiro atoms. The maximum absolute atomic E-state index is 12.5. The van der Waals surface area contributed by atoms with E-state index in [-0.39, 0.29) is 16.5 Å². The molecule has 0 saturated carbocycles. The Labute approximate surface area is 120 Å². The molecular weight excluding hydrogens is 254 g/mol. The van der Waals surface area contributed by atoms with E-state index in [1.54, 1.807) is 0 Å². The van der Waals surface area contributed by atoms with E-state index in [0.717, 1.165) is 13.0 Å². The lowest BCUT2D eigenvalue weighted by Gasteiger charge is -2.27. The molecule has 0 heterocycles. The minimum Gasteiger partial charge on any atom is -0.309 e.